The number of allylic oxidation sites excluding steroid dienone is 14. The molecule has 0 aliphatic rings. The number of aliphatic hydroxyl groups is 1. The summed E-state index contributed by atoms with van der Waals surface area (Å²) in [6, 6.07) is 0. The molecule has 0 saturated heterocycles. The lowest BCUT2D eigenvalue weighted by Gasteiger charge is -2.15. The summed E-state index contributed by atoms with van der Waals surface area (Å²) in [4.78, 5) is 24.3. The topological polar surface area (TPSA) is 72.8 Å². The second-order valence-electron chi connectivity index (χ2n) is 13.7. The smallest absolute Gasteiger partial charge is 0.306 e. The van der Waals surface area contributed by atoms with Crippen LogP contribution >= 0.6 is 0 Å². The molecule has 0 bridgehead atoms. The van der Waals surface area contributed by atoms with Crippen LogP contribution in [0, 0.1) is 0 Å². The van der Waals surface area contributed by atoms with Gasteiger partial charge < -0.3 is 14.6 Å². The molecular formula is C47H78O5. The Bertz CT molecular complexity index is 999. The Hall–Kier alpha value is -2.92. The first-order valence-electron chi connectivity index (χ1n) is 21.1. The Labute approximate surface area is 320 Å². The summed E-state index contributed by atoms with van der Waals surface area (Å²) in [5.41, 5.74) is 0. The van der Waals surface area contributed by atoms with Crippen LogP contribution in [-0.4, -0.2) is 36.4 Å². The fourth-order valence-corrected chi connectivity index (χ4v) is 5.49. The highest BCUT2D eigenvalue weighted by atomic mass is 16.6. The third-order valence-corrected chi connectivity index (χ3v) is 8.67. The number of aliphatic hydroxyl groups excluding tert-OH is 1. The molecule has 0 aromatic carbocycles. The average molecular weight is 723 g/mol. The molecule has 0 aromatic rings. The van der Waals surface area contributed by atoms with Crippen LogP contribution in [0.4, 0.5) is 0 Å². The molecule has 0 aliphatic carbocycles. The van der Waals surface area contributed by atoms with Gasteiger partial charge in [-0.1, -0.05) is 163 Å². The molecule has 0 spiro atoms. The van der Waals surface area contributed by atoms with E-state index in [-0.39, 0.29) is 25.2 Å². The molecular weight excluding hydrogens is 645 g/mol. The second-order valence-corrected chi connectivity index (χ2v) is 13.7. The van der Waals surface area contributed by atoms with Gasteiger partial charge in [0, 0.05) is 12.8 Å². The zero-order chi connectivity index (χ0) is 37.8. The van der Waals surface area contributed by atoms with Crippen molar-refractivity contribution in [2.24, 2.45) is 0 Å². The summed E-state index contributed by atoms with van der Waals surface area (Å²) in [6.07, 6.45) is 57.8. The van der Waals surface area contributed by atoms with E-state index in [9.17, 15) is 14.7 Å². The Morgan fingerprint density at radius 2 is 0.827 bits per heavy atom. The quantitative estimate of drug-likeness (QED) is 0.0393. The molecule has 5 nitrogen and oxygen atoms in total. The van der Waals surface area contributed by atoms with Crippen LogP contribution in [0.2, 0.25) is 0 Å². The van der Waals surface area contributed by atoms with Crippen molar-refractivity contribution in [3.8, 4) is 0 Å². The van der Waals surface area contributed by atoms with Crippen LogP contribution in [0.3, 0.4) is 0 Å². The molecule has 0 rings (SSSR count). The molecule has 0 aliphatic heterocycles. The van der Waals surface area contributed by atoms with Gasteiger partial charge in [0.2, 0.25) is 0 Å². The molecule has 5 heteroatoms. The number of rotatable bonds is 37. The van der Waals surface area contributed by atoms with Crippen molar-refractivity contribution in [1.82, 2.24) is 0 Å². The molecule has 0 saturated carbocycles. The van der Waals surface area contributed by atoms with Gasteiger partial charge in [-0.05, 0) is 89.9 Å². The lowest BCUT2D eigenvalue weighted by molar-refractivity contribution is -0.161. The number of hydrogen-bond donors (Lipinski definition) is 1. The van der Waals surface area contributed by atoms with E-state index in [1.807, 2.05) is 0 Å². The van der Waals surface area contributed by atoms with E-state index in [4.69, 9.17) is 9.47 Å². The molecule has 1 N–H and O–H groups in total. The fourth-order valence-electron chi connectivity index (χ4n) is 5.49. The normalized spacial score (nSPS) is 13.1. The SMILES string of the molecule is CC/C=C\C/C=C\C/C=C\C/C=C\C/C=C\CCCCCCCCCC(=O)OC(CO)COC(=O)CCCCCCC/C=C\C/C=C\CCCCC. The number of carbonyl (C=O) groups excluding carboxylic acids is 2. The van der Waals surface area contributed by atoms with Gasteiger partial charge in [0.25, 0.3) is 0 Å². The van der Waals surface area contributed by atoms with Crippen molar-refractivity contribution >= 4 is 11.9 Å². The third kappa shape index (κ3) is 39.9. The first kappa shape index (κ1) is 49.1. The second kappa shape index (κ2) is 42.5. The van der Waals surface area contributed by atoms with Crippen molar-refractivity contribution in [1.29, 1.82) is 0 Å². The Morgan fingerprint density at radius 3 is 1.25 bits per heavy atom. The molecule has 0 fully saturated rings. The maximum Gasteiger partial charge on any atom is 0.306 e. The molecule has 52 heavy (non-hydrogen) atoms. The van der Waals surface area contributed by atoms with Gasteiger partial charge in [0.05, 0.1) is 6.61 Å². The Balaban J connectivity index is 3.62. The van der Waals surface area contributed by atoms with Gasteiger partial charge >= 0.3 is 11.9 Å². The lowest BCUT2D eigenvalue weighted by atomic mass is 10.1. The van der Waals surface area contributed by atoms with E-state index < -0.39 is 6.10 Å². The lowest BCUT2D eigenvalue weighted by Crippen LogP contribution is -2.28. The highest BCUT2D eigenvalue weighted by molar-refractivity contribution is 5.70. The minimum Gasteiger partial charge on any atom is -0.462 e. The van der Waals surface area contributed by atoms with Crippen LogP contribution in [0.5, 0.6) is 0 Å². The van der Waals surface area contributed by atoms with Crippen LogP contribution < -0.4 is 0 Å². The van der Waals surface area contributed by atoms with Gasteiger partial charge in [-0.2, -0.15) is 0 Å². The minimum absolute atomic E-state index is 0.0824. The van der Waals surface area contributed by atoms with Crippen molar-refractivity contribution in [3.05, 3.63) is 85.1 Å². The zero-order valence-electron chi connectivity index (χ0n) is 33.5. The number of esters is 2. The molecule has 0 aromatic heterocycles. The van der Waals surface area contributed by atoms with Crippen LogP contribution in [0.1, 0.15) is 181 Å². The first-order chi connectivity index (χ1) is 25.6. The standard InChI is InChI=1S/C47H78O5/c1-3-5-7-9-11-13-15-17-19-20-21-22-23-24-25-26-28-30-32-34-36-38-40-42-47(50)52-45(43-48)44-51-46(49)41-39-37-35-33-31-29-27-18-16-14-12-10-8-6-4-2/h5,7,11-14,17-19,21-22,24-25,27,45,48H,3-4,6,8-10,15-16,20,23,26,28-44H2,1-2H3/b7-5-,13-11-,14-12-,19-17-,22-21-,25-24-,27-18-. The molecule has 0 radical (unpaired) electrons. The first-order valence-corrected chi connectivity index (χ1v) is 21.1. The predicted molar refractivity (Wildman–Crippen MR) is 223 cm³/mol. The maximum atomic E-state index is 12.2. The van der Waals surface area contributed by atoms with Gasteiger partial charge in [-0.15, -0.1) is 0 Å². The van der Waals surface area contributed by atoms with E-state index >= 15 is 0 Å². The van der Waals surface area contributed by atoms with E-state index in [0.717, 1.165) is 89.9 Å². The van der Waals surface area contributed by atoms with E-state index in [1.165, 1.54) is 64.2 Å². The van der Waals surface area contributed by atoms with Crippen molar-refractivity contribution < 1.29 is 24.2 Å². The van der Waals surface area contributed by atoms with Crippen molar-refractivity contribution in [2.45, 2.75) is 187 Å². The van der Waals surface area contributed by atoms with Crippen molar-refractivity contribution in [3.63, 3.8) is 0 Å². The predicted octanol–water partition coefficient (Wildman–Crippen LogP) is 13.5. The molecule has 0 heterocycles. The third-order valence-electron chi connectivity index (χ3n) is 8.67. The van der Waals surface area contributed by atoms with E-state index in [2.05, 4.69) is 98.9 Å². The minimum atomic E-state index is -0.788. The summed E-state index contributed by atoms with van der Waals surface area (Å²) in [5.74, 6) is -0.626. The summed E-state index contributed by atoms with van der Waals surface area (Å²) in [6.45, 7) is 3.96. The summed E-state index contributed by atoms with van der Waals surface area (Å²) in [5, 5.41) is 9.57. The zero-order valence-corrected chi connectivity index (χ0v) is 33.5. The molecule has 1 atom stereocenters. The highest BCUT2D eigenvalue weighted by Crippen LogP contribution is 2.12. The maximum absolute atomic E-state index is 12.2. The fraction of sp³-hybridized carbons (Fsp3) is 0.660. The van der Waals surface area contributed by atoms with E-state index in [0.29, 0.717) is 12.8 Å². The van der Waals surface area contributed by atoms with Gasteiger partial charge in [0.1, 0.15) is 6.61 Å². The molecule has 296 valence electrons. The number of unbranched alkanes of at least 4 members (excludes halogenated alkanes) is 15. The van der Waals surface area contributed by atoms with Crippen LogP contribution in [0.15, 0.2) is 85.1 Å². The average Bonchev–Trinajstić information content (AvgIpc) is 3.15. The number of hydrogen-bond acceptors (Lipinski definition) is 5. The summed E-state index contributed by atoms with van der Waals surface area (Å²) >= 11 is 0. The van der Waals surface area contributed by atoms with Crippen LogP contribution in [-0.2, 0) is 19.1 Å². The largest absolute Gasteiger partial charge is 0.462 e. The summed E-state index contributed by atoms with van der Waals surface area (Å²) in [7, 11) is 0. The number of carbonyl (C=O) groups is 2. The monoisotopic (exact) mass is 723 g/mol. The van der Waals surface area contributed by atoms with Crippen molar-refractivity contribution in [2.75, 3.05) is 13.2 Å². The Morgan fingerprint density at radius 1 is 0.462 bits per heavy atom. The highest BCUT2D eigenvalue weighted by Gasteiger charge is 2.16. The van der Waals surface area contributed by atoms with Gasteiger partial charge in [0.15, 0.2) is 6.10 Å². The number of ether oxygens (including phenoxy) is 2. The molecule has 0 amide bonds. The van der Waals surface area contributed by atoms with Gasteiger partial charge in [-0.3, -0.25) is 9.59 Å². The van der Waals surface area contributed by atoms with E-state index in [1.54, 1.807) is 0 Å². The van der Waals surface area contributed by atoms with Gasteiger partial charge in [-0.25, -0.2) is 0 Å². The van der Waals surface area contributed by atoms with Crippen LogP contribution in [0.25, 0.3) is 0 Å². The molecule has 1 unspecified atom stereocenters. The summed E-state index contributed by atoms with van der Waals surface area (Å²) < 4.78 is 10.6. The Kier molecular flexibility index (Phi) is 40.1.